The van der Waals surface area contributed by atoms with Crippen molar-refractivity contribution in [2.24, 2.45) is 0 Å². The van der Waals surface area contributed by atoms with Crippen LogP contribution in [0.3, 0.4) is 0 Å². The van der Waals surface area contributed by atoms with E-state index in [1.807, 2.05) is 18.2 Å². The zero-order chi connectivity index (χ0) is 19.9. The molecule has 5 nitrogen and oxygen atoms in total. The molecule has 0 radical (unpaired) electrons. The molecule has 1 aromatic carbocycles. The fourth-order valence-corrected chi connectivity index (χ4v) is 3.95. The van der Waals surface area contributed by atoms with Gasteiger partial charge >= 0.3 is 6.18 Å². The van der Waals surface area contributed by atoms with Gasteiger partial charge in [0.1, 0.15) is 10.7 Å². The summed E-state index contributed by atoms with van der Waals surface area (Å²) in [4.78, 5) is 32.9. The van der Waals surface area contributed by atoms with Gasteiger partial charge < -0.3 is 9.88 Å². The number of benzene rings is 1. The number of nitrogens with one attached hydrogen (secondary N) is 1. The minimum atomic E-state index is -4.48. The molecule has 4 rings (SSSR count). The average molecular weight is 405 g/mol. The molecule has 3 heterocycles. The first kappa shape index (κ1) is 18.4. The smallest absolute Gasteiger partial charge is 0.332 e. The van der Waals surface area contributed by atoms with E-state index in [2.05, 4.69) is 9.97 Å². The van der Waals surface area contributed by atoms with Crippen LogP contribution in [-0.4, -0.2) is 27.3 Å². The van der Waals surface area contributed by atoms with E-state index in [0.717, 1.165) is 11.6 Å². The van der Waals surface area contributed by atoms with Crippen LogP contribution >= 0.6 is 11.3 Å². The van der Waals surface area contributed by atoms with Gasteiger partial charge in [0, 0.05) is 17.7 Å². The van der Waals surface area contributed by atoms with Gasteiger partial charge in [0.2, 0.25) is 0 Å². The molecule has 0 saturated heterocycles. The SMILES string of the molecule is O=C(c1ccc(C(F)(F)F)s1)N1CCc2c(nc(-c3ccccc3)[nH]c2=O)C1. The number of carbonyl (C=O) groups excluding carboxylic acids is 1. The molecule has 144 valence electrons. The van der Waals surface area contributed by atoms with Crippen LogP contribution in [0, 0.1) is 0 Å². The lowest BCUT2D eigenvalue weighted by molar-refractivity contribution is -0.134. The van der Waals surface area contributed by atoms with Crippen molar-refractivity contribution in [2.75, 3.05) is 6.54 Å². The van der Waals surface area contributed by atoms with Gasteiger partial charge in [-0.3, -0.25) is 9.59 Å². The molecule has 28 heavy (non-hydrogen) atoms. The fourth-order valence-electron chi connectivity index (χ4n) is 3.11. The predicted octanol–water partition coefficient (Wildman–Crippen LogP) is 3.72. The number of alkyl halides is 3. The maximum Gasteiger partial charge on any atom is 0.425 e. The summed E-state index contributed by atoms with van der Waals surface area (Å²) in [6, 6.07) is 11.2. The molecule has 1 aliphatic rings. The van der Waals surface area contributed by atoms with Crippen molar-refractivity contribution >= 4 is 17.2 Å². The monoisotopic (exact) mass is 405 g/mol. The number of nitrogens with zero attached hydrogens (tertiary/aromatic N) is 2. The van der Waals surface area contributed by atoms with Gasteiger partial charge in [-0.1, -0.05) is 30.3 Å². The number of rotatable bonds is 2. The van der Waals surface area contributed by atoms with Gasteiger partial charge in [0.05, 0.1) is 17.1 Å². The summed E-state index contributed by atoms with van der Waals surface area (Å²) in [6.07, 6.45) is -4.17. The van der Waals surface area contributed by atoms with Gasteiger partial charge in [-0.25, -0.2) is 4.98 Å². The molecule has 0 bridgehead atoms. The zero-order valence-corrected chi connectivity index (χ0v) is 15.2. The van der Waals surface area contributed by atoms with E-state index in [1.54, 1.807) is 12.1 Å². The quantitative estimate of drug-likeness (QED) is 0.707. The third kappa shape index (κ3) is 3.45. The Kier molecular flexibility index (Phi) is 4.54. The molecule has 0 atom stereocenters. The second-order valence-electron chi connectivity index (χ2n) is 6.34. The highest BCUT2D eigenvalue weighted by molar-refractivity contribution is 7.14. The second kappa shape index (κ2) is 6.90. The minimum absolute atomic E-state index is 0.0175. The number of aromatic nitrogens is 2. The molecule has 1 amide bonds. The number of thiophene rings is 1. The van der Waals surface area contributed by atoms with Crippen LogP contribution in [0.4, 0.5) is 13.2 Å². The summed E-state index contributed by atoms with van der Waals surface area (Å²) in [5, 5.41) is 0. The van der Waals surface area contributed by atoms with Crippen molar-refractivity contribution in [3.8, 4) is 11.4 Å². The second-order valence-corrected chi connectivity index (χ2v) is 7.43. The van der Waals surface area contributed by atoms with Crippen LogP contribution in [0.15, 0.2) is 47.3 Å². The summed E-state index contributed by atoms with van der Waals surface area (Å²) in [7, 11) is 0. The number of amides is 1. The summed E-state index contributed by atoms with van der Waals surface area (Å²) < 4.78 is 38.4. The Morgan fingerprint density at radius 1 is 1.14 bits per heavy atom. The van der Waals surface area contributed by atoms with Gasteiger partial charge in [0.25, 0.3) is 11.5 Å². The highest BCUT2D eigenvalue weighted by Gasteiger charge is 2.34. The van der Waals surface area contributed by atoms with E-state index in [4.69, 9.17) is 0 Å². The Hall–Kier alpha value is -2.94. The fraction of sp³-hybridized carbons (Fsp3) is 0.211. The third-order valence-corrected chi connectivity index (χ3v) is 5.62. The third-order valence-electron chi connectivity index (χ3n) is 4.50. The number of aromatic amines is 1. The van der Waals surface area contributed by atoms with E-state index in [-0.39, 0.29) is 23.5 Å². The number of carbonyl (C=O) groups is 1. The molecule has 0 fully saturated rings. The Morgan fingerprint density at radius 3 is 2.57 bits per heavy atom. The van der Waals surface area contributed by atoms with E-state index in [9.17, 15) is 22.8 Å². The normalized spacial score (nSPS) is 14.0. The van der Waals surface area contributed by atoms with Crippen molar-refractivity contribution < 1.29 is 18.0 Å². The van der Waals surface area contributed by atoms with Gasteiger partial charge in [0.15, 0.2) is 0 Å². The summed E-state index contributed by atoms with van der Waals surface area (Å²) in [5.41, 5.74) is 1.45. The number of H-pyrrole nitrogens is 1. The Balaban J connectivity index is 1.62. The molecule has 0 unspecified atom stereocenters. The van der Waals surface area contributed by atoms with Crippen LogP contribution in [0.5, 0.6) is 0 Å². The first-order valence-electron chi connectivity index (χ1n) is 8.47. The van der Waals surface area contributed by atoms with Gasteiger partial charge in [-0.2, -0.15) is 13.2 Å². The molecular weight excluding hydrogens is 391 g/mol. The first-order valence-corrected chi connectivity index (χ1v) is 9.28. The van der Waals surface area contributed by atoms with Gasteiger partial charge in [-0.05, 0) is 18.6 Å². The number of hydrogen-bond acceptors (Lipinski definition) is 4. The lowest BCUT2D eigenvalue weighted by Crippen LogP contribution is -2.39. The number of fused-ring (bicyclic) bond motifs is 1. The van der Waals surface area contributed by atoms with E-state index >= 15 is 0 Å². The van der Waals surface area contributed by atoms with Crippen molar-refractivity contribution in [2.45, 2.75) is 19.1 Å². The van der Waals surface area contributed by atoms with Crippen LogP contribution in [0.1, 0.15) is 25.8 Å². The standard InChI is InChI=1S/C19H14F3N3O2S/c20-19(21,22)15-7-6-14(28-15)18(27)25-9-8-12-13(10-25)23-16(24-17(12)26)11-4-2-1-3-5-11/h1-7H,8-10H2,(H,23,24,26). The topological polar surface area (TPSA) is 66.1 Å². The zero-order valence-electron chi connectivity index (χ0n) is 14.4. The lowest BCUT2D eigenvalue weighted by atomic mass is 10.1. The average Bonchev–Trinajstić information content (AvgIpc) is 3.18. The van der Waals surface area contributed by atoms with Crippen molar-refractivity contribution in [3.05, 3.63) is 73.8 Å². The number of halogens is 3. The molecular formula is C19H14F3N3O2S. The Bertz CT molecular complexity index is 1090. The van der Waals surface area contributed by atoms with Crippen LogP contribution in [0.2, 0.25) is 0 Å². The maximum absolute atomic E-state index is 12.8. The molecule has 3 aromatic rings. The maximum atomic E-state index is 12.8. The van der Waals surface area contributed by atoms with Crippen LogP contribution < -0.4 is 5.56 Å². The predicted molar refractivity (Wildman–Crippen MR) is 98.1 cm³/mol. The van der Waals surface area contributed by atoms with Crippen LogP contribution in [-0.2, 0) is 19.1 Å². The summed E-state index contributed by atoms with van der Waals surface area (Å²) in [5.74, 6) is -0.0939. The molecule has 0 saturated carbocycles. The van der Waals surface area contributed by atoms with E-state index in [1.165, 1.54) is 11.0 Å². The largest absolute Gasteiger partial charge is 0.425 e. The van der Waals surface area contributed by atoms with Crippen LogP contribution in [0.25, 0.3) is 11.4 Å². The summed E-state index contributed by atoms with van der Waals surface area (Å²) in [6.45, 7) is 0.331. The van der Waals surface area contributed by atoms with Crippen molar-refractivity contribution in [3.63, 3.8) is 0 Å². The molecule has 2 aromatic heterocycles. The minimum Gasteiger partial charge on any atom is -0.332 e. The molecule has 9 heteroatoms. The molecule has 1 aliphatic heterocycles. The molecule has 0 spiro atoms. The molecule has 0 aliphatic carbocycles. The highest BCUT2D eigenvalue weighted by atomic mass is 32.1. The van der Waals surface area contributed by atoms with Crippen molar-refractivity contribution in [1.82, 2.24) is 14.9 Å². The summed E-state index contributed by atoms with van der Waals surface area (Å²) >= 11 is 0.422. The lowest BCUT2D eigenvalue weighted by Gasteiger charge is -2.27. The van der Waals surface area contributed by atoms with Crippen molar-refractivity contribution in [1.29, 1.82) is 0 Å². The Morgan fingerprint density at radius 2 is 1.89 bits per heavy atom. The Labute approximate surface area is 161 Å². The number of hydrogen-bond donors (Lipinski definition) is 1. The van der Waals surface area contributed by atoms with E-state index < -0.39 is 17.0 Å². The first-order chi connectivity index (χ1) is 13.3. The van der Waals surface area contributed by atoms with Gasteiger partial charge in [-0.15, -0.1) is 11.3 Å². The highest BCUT2D eigenvalue weighted by Crippen LogP contribution is 2.35. The molecule has 1 N–H and O–H groups in total. The van der Waals surface area contributed by atoms with E-state index in [0.29, 0.717) is 34.8 Å².